The molecule has 88 valence electrons. The summed E-state index contributed by atoms with van der Waals surface area (Å²) < 4.78 is 0. The maximum Gasteiger partial charge on any atom is 0.0417 e. The van der Waals surface area contributed by atoms with Crippen molar-refractivity contribution in [1.82, 2.24) is 0 Å². The number of hydrogen-bond acceptors (Lipinski definition) is 2. The average molecular weight is 218 g/mol. The van der Waals surface area contributed by atoms with Gasteiger partial charge in [0.15, 0.2) is 0 Å². The van der Waals surface area contributed by atoms with Crippen LogP contribution in [0.1, 0.15) is 38.8 Å². The Hall–Kier alpha value is -1.02. The van der Waals surface area contributed by atoms with Crippen molar-refractivity contribution >= 4 is 5.69 Å². The molecular weight excluding hydrogens is 196 g/mol. The van der Waals surface area contributed by atoms with E-state index in [0.717, 1.165) is 12.5 Å². The van der Waals surface area contributed by atoms with Gasteiger partial charge in [-0.25, -0.2) is 0 Å². The molecule has 3 unspecified atom stereocenters. The molecule has 16 heavy (non-hydrogen) atoms. The smallest absolute Gasteiger partial charge is 0.0417 e. The predicted octanol–water partition coefficient (Wildman–Crippen LogP) is 2.94. The second-order valence-electron chi connectivity index (χ2n) is 5.19. The molecule has 0 aromatic heterocycles. The van der Waals surface area contributed by atoms with Gasteiger partial charge in [0.25, 0.3) is 0 Å². The van der Waals surface area contributed by atoms with Gasteiger partial charge in [0.2, 0.25) is 0 Å². The zero-order valence-corrected chi connectivity index (χ0v) is 10.5. The lowest BCUT2D eigenvalue weighted by atomic mass is 10.1. The van der Waals surface area contributed by atoms with E-state index in [-0.39, 0.29) is 6.04 Å². The Morgan fingerprint density at radius 2 is 2.00 bits per heavy atom. The first-order chi connectivity index (χ1) is 7.59. The van der Waals surface area contributed by atoms with Gasteiger partial charge in [-0.3, -0.25) is 0 Å². The second-order valence-corrected chi connectivity index (χ2v) is 5.19. The Kier molecular flexibility index (Phi) is 3.20. The number of benzene rings is 1. The number of hydrogen-bond donors (Lipinski definition) is 1. The summed E-state index contributed by atoms with van der Waals surface area (Å²) in [5.74, 6) is 0.788. The van der Waals surface area contributed by atoms with Gasteiger partial charge in [0.05, 0.1) is 0 Å². The Morgan fingerprint density at radius 1 is 1.31 bits per heavy atom. The first-order valence-corrected chi connectivity index (χ1v) is 6.20. The zero-order chi connectivity index (χ0) is 11.7. The van der Waals surface area contributed by atoms with Gasteiger partial charge in [0, 0.05) is 24.3 Å². The van der Waals surface area contributed by atoms with Crippen LogP contribution in [0, 0.1) is 5.92 Å². The third kappa shape index (κ3) is 2.07. The Morgan fingerprint density at radius 3 is 2.56 bits per heavy atom. The van der Waals surface area contributed by atoms with Gasteiger partial charge in [-0.1, -0.05) is 25.1 Å². The molecule has 1 fully saturated rings. The fourth-order valence-electron chi connectivity index (χ4n) is 2.77. The molecule has 1 aromatic rings. The third-order valence-electron chi connectivity index (χ3n) is 3.52. The molecule has 1 aliphatic heterocycles. The number of rotatable bonds is 2. The van der Waals surface area contributed by atoms with Crippen LogP contribution in [0.5, 0.6) is 0 Å². The highest BCUT2D eigenvalue weighted by atomic mass is 15.2. The van der Waals surface area contributed by atoms with E-state index in [4.69, 9.17) is 5.73 Å². The van der Waals surface area contributed by atoms with Gasteiger partial charge < -0.3 is 10.6 Å². The molecule has 0 radical (unpaired) electrons. The Labute approximate surface area is 98.4 Å². The highest BCUT2D eigenvalue weighted by Crippen LogP contribution is 2.32. The largest absolute Gasteiger partial charge is 0.368 e. The standard InChI is InChI=1S/C14H22N2/c1-10-8-11(2)16(9-10)14-7-5-4-6-13(14)12(3)15/h4-7,10-12H,8-9,15H2,1-3H3. The fourth-order valence-corrected chi connectivity index (χ4v) is 2.77. The number of nitrogens with two attached hydrogens (primary N) is 1. The molecular formula is C14H22N2. The molecule has 1 heterocycles. The van der Waals surface area contributed by atoms with Crippen molar-refractivity contribution in [2.75, 3.05) is 11.4 Å². The number of anilines is 1. The van der Waals surface area contributed by atoms with Crippen LogP contribution in [0.4, 0.5) is 5.69 Å². The SMILES string of the molecule is CC1CC(C)N(c2ccccc2C(C)N)C1. The number of para-hydroxylation sites is 1. The maximum absolute atomic E-state index is 6.04. The highest BCUT2D eigenvalue weighted by molar-refractivity contribution is 5.56. The molecule has 1 aliphatic rings. The van der Waals surface area contributed by atoms with Crippen LogP contribution < -0.4 is 10.6 Å². The molecule has 1 aromatic carbocycles. The van der Waals surface area contributed by atoms with Crippen LogP contribution in [0.15, 0.2) is 24.3 Å². The van der Waals surface area contributed by atoms with Crippen LogP contribution in [0.25, 0.3) is 0 Å². The minimum Gasteiger partial charge on any atom is -0.368 e. The van der Waals surface area contributed by atoms with Crippen molar-refractivity contribution in [3.8, 4) is 0 Å². The first kappa shape index (κ1) is 11.5. The molecule has 3 atom stereocenters. The predicted molar refractivity (Wildman–Crippen MR) is 69.6 cm³/mol. The van der Waals surface area contributed by atoms with Gasteiger partial charge in [0.1, 0.15) is 0 Å². The van der Waals surface area contributed by atoms with Crippen molar-refractivity contribution in [3.63, 3.8) is 0 Å². The summed E-state index contributed by atoms with van der Waals surface area (Å²) in [6.45, 7) is 7.85. The van der Waals surface area contributed by atoms with Crippen LogP contribution >= 0.6 is 0 Å². The van der Waals surface area contributed by atoms with Crippen molar-refractivity contribution in [1.29, 1.82) is 0 Å². The van der Waals surface area contributed by atoms with E-state index < -0.39 is 0 Å². The van der Waals surface area contributed by atoms with Gasteiger partial charge in [-0.05, 0) is 37.8 Å². The first-order valence-electron chi connectivity index (χ1n) is 6.20. The summed E-state index contributed by atoms with van der Waals surface area (Å²) in [6, 6.07) is 9.28. The van der Waals surface area contributed by atoms with E-state index in [9.17, 15) is 0 Å². The van der Waals surface area contributed by atoms with Gasteiger partial charge in [-0.2, -0.15) is 0 Å². The van der Waals surface area contributed by atoms with Crippen molar-refractivity contribution < 1.29 is 0 Å². The zero-order valence-electron chi connectivity index (χ0n) is 10.5. The van der Waals surface area contributed by atoms with Crippen molar-refractivity contribution in [3.05, 3.63) is 29.8 Å². The van der Waals surface area contributed by atoms with E-state index in [2.05, 4.69) is 49.9 Å². The maximum atomic E-state index is 6.04. The summed E-state index contributed by atoms with van der Waals surface area (Å²) in [5.41, 5.74) is 8.63. The van der Waals surface area contributed by atoms with E-state index in [1.165, 1.54) is 17.7 Å². The molecule has 2 N–H and O–H groups in total. The van der Waals surface area contributed by atoms with E-state index in [0.29, 0.717) is 6.04 Å². The second kappa shape index (κ2) is 4.46. The normalized spacial score (nSPS) is 27.1. The topological polar surface area (TPSA) is 29.3 Å². The average Bonchev–Trinajstić information content (AvgIpc) is 2.57. The van der Waals surface area contributed by atoms with Crippen LogP contribution in [-0.4, -0.2) is 12.6 Å². The minimum absolute atomic E-state index is 0.110. The summed E-state index contributed by atoms with van der Waals surface area (Å²) in [6.07, 6.45) is 1.29. The molecule has 1 saturated heterocycles. The van der Waals surface area contributed by atoms with Crippen molar-refractivity contribution in [2.45, 2.75) is 39.3 Å². The van der Waals surface area contributed by atoms with E-state index in [1.807, 2.05) is 0 Å². The summed E-state index contributed by atoms with van der Waals surface area (Å²) >= 11 is 0. The minimum atomic E-state index is 0.110. The lowest BCUT2D eigenvalue weighted by molar-refractivity contribution is 0.625. The molecule has 0 aliphatic carbocycles. The van der Waals surface area contributed by atoms with Gasteiger partial charge in [-0.15, -0.1) is 0 Å². The summed E-state index contributed by atoms with van der Waals surface area (Å²) in [4.78, 5) is 2.50. The van der Waals surface area contributed by atoms with E-state index in [1.54, 1.807) is 0 Å². The molecule has 0 saturated carbocycles. The molecule has 0 bridgehead atoms. The highest BCUT2D eigenvalue weighted by Gasteiger charge is 2.27. The molecule has 0 amide bonds. The van der Waals surface area contributed by atoms with Gasteiger partial charge >= 0.3 is 0 Å². The van der Waals surface area contributed by atoms with Crippen LogP contribution in [-0.2, 0) is 0 Å². The summed E-state index contributed by atoms with van der Waals surface area (Å²) in [5, 5.41) is 0. The third-order valence-corrected chi connectivity index (χ3v) is 3.52. The quantitative estimate of drug-likeness (QED) is 0.827. The number of nitrogens with zero attached hydrogens (tertiary/aromatic N) is 1. The molecule has 0 spiro atoms. The van der Waals surface area contributed by atoms with Crippen molar-refractivity contribution in [2.24, 2.45) is 11.7 Å². The van der Waals surface area contributed by atoms with Crippen LogP contribution in [0.3, 0.4) is 0 Å². The van der Waals surface area contributed by atoms with E-state index >= 15 is 0 Å². The molecule has 2 heteroatoms. The Bertz CT molecular complexity index is 360. The summed E-state index contributed by atoms with van der Waals surface area (Å²) in [7, 11) is 0. The Balaban J connectivity index is 2.33. The molecule has 2 rings (SSSR count). The monoisotopic (exact) mass is 218 g/mol. The lowest BCUT2D eigenvalue weighted by Gasteiger charge is -2.27. The molecule has 2 nitrogen and oxygen atoms in total. The van der Waals surface area contributed by atoms with Crippen LogP contribution in [0.2, 0.25) is 0 Å². The fraction of sp³-hybridized carbons (Fsp3) is 0.571. The lowest BCUT2D eigenvalue weighted by Crippen LogP contribution is -2.28.